The molecule has 80 valence electrons. The van der Waals surface area contributed by atoms with Gasteiger partial charge in [-0.2, -0.15) is 0 Å². The Bertz CT molecular complexity index is 383. The number of hydrogen-bond donors (Lipinski definition) is 1. The number of carbonyl (C=O) groups excluding carboxylic acids is 1. The number of carbonyl (C=O) groups is 1. The third-order valence-corrected chi connectivity index (χ3v) is 1.95. The molecular weight excluding hydrogens is 190 g/mol. The van der Waals surface area contributed by atoms with Gasteiger partial charge >= 0.3 is 0 Å². The monoisotopic (exact) mass is 205 g/mol. The Labute approximate surface area is 89.5 Å². The van der Waals surface area contributed by atoms with Gasteiger partial charge in [-0.1, -0.05) is 12.2 Å². The summed E-state index contributed by atoms with van der Waals surface area (Å²) in [4.78, 5) is 11.3. The van der Waals surface area contributed by atoms with Gasteiger partial charge in [-0.15, -0.1) is 0 Å². The molecule has 15 heavy (non-hydrogen) atoms. The van der Waals surface area contributed by atoms with E-state index in [1.165, 1.54) is 6.92 Å². The van der Waals surface area contributed by atoms with E-state index < -0.39 is 0 Å². The van der Waals surface area contributed by atoms with Gasteiger partial charge in [0.2, 0.25) is 0 Å². The van der Waals surface area contributed by atoms with Gasteiger partial charge < -0.3 is 10.5 Å². The average molecular weight is 205 g/mol. The summed E-state index contributed by atoms with van der Waals surface area (Å²) in [6.07, 6.45) is 3.77. The van der Waals surface area contributed by atoms with E-state index in [2.05, 4.69) is 0 Å². The van der Waals surface area contributed by atoms with Crippen molar-refractivity contribution >= 4 is 11.5 Å². The number of ether oxygens (including phenoxy) is 1. The number of hydrogen-bond acceptors (Lipinski definition) is 3. The molecule has 0 saturated carbocycles. The number of Topliss-reactive ketones (excluding diaryl/α,β-unsaturated/α-hetero) is 1. The highest BCUT2D eigenvalue weighted by molar-refractivity contribution is 5.97. The molecular formula is C12H15NO2. The molecule has 0 aliphatic carbocycles. The summed E-state index contributed by atoms with van der Waals surface area (Å²) in [7, 11) is 0. The number of ketones is 1. The zero-order valence-corrected chi connectivity index (χ0v) is 8.99. The molecule has 0 aromatic heterocycles. The van der Waals surface area contributed by atoms with Crippen molar-refractivity contribution in [2.45, 2.75) is 13.8 Å². The van der Waals surface area contributed by atoms with Crippen molar-refractivity contribution < 1.29 is 9.53 Å². The van der Waals surface area contributed by atoms with Crippen LogP contribution in [0.3, 0.4) is 0 Å². The molecule has 0 radical (unpaired) electrons. The molecule has 0 aliphatic heterocycles. The smallest absolute Gasteiger partial charge is 0.163 e. The number of rotatable bonds is 4. The Hall–Kier alpha value is -1.77. The molecule has 1 aromatic rings. The van der Waals surface area contributed by atoms with Gasteiger partial charge in [0.25, 0.3) is 0 Å². The van der Waals surface area contributed by atoms with Gasteiger partial charge in [0.15, 0.2) is 5.78 Å². The van der Waals surface area contributed by atoms with Crippen molar-refractivity contribution in [2.24, 2.45) is 0 Å². The van der Waals surface area contributed by atoms with Crippen LogP contribution in [0, 0.1) is 0 Å². The molecule has 0 bridgehead atoms. The Morgan fingerprint density at radius 3 is 2.87 bits per heavy atom. The molecule has 0 unspecified atom stereocenters. The molecule has 3 heteroatoms. The first-order valence-electron chi connectivity index (χ1n) is 4.79. The highest BCUT2D eigenvalue weighted by Gasteiger charge is 2.08. The molecule has 0 amide bonds. The lowest BCUT2D eigenvalue weighted by atomic mass is 10.1. The number of anilines is 1. The number of benzene rings is 1. The first-order valence-corrected chi connectivity index (χ1v) is 4.79. The lowest BCUT2D eigenvalue weighted by molar-refractivity contribution is 0.101. The second-order valence-electron chi connectivity index (χ2n) is 3.19. The molecule has 0 fully saturated rings. The van der Waals surface area contributed by atoms with Crippen molar-refractivity contribution in [1.29, 1.82) is 0 Å². The van der Waals surface area contributed by atoms with Crippen LogP contribution in [0.1, 0.15) is 24.2 Å². The highest BCUT2D eigenvalue weighted by atomic mass is 16.5. The lowest BCUT2D eigenvalue weighted by Crippen LogP contribution is -2.02. The summed E-state index contributed by atoms with van der Waals surface area (Å²) < 4.78 is 5.43. The minimum absolute atomic E-state index is 0.0437. The maximum absolute atomic E-state index is 11.3. The molecule has 2 N–H and O–H groups in total. The fourth-order valence-corrected chi connectivity index (χ4v) is 1.18. The van der Waals surface area contributed by atoms with E-state index in [-0.39, 0.29) is 5.78 Å². The number of allylic oxidation sites excluding steroid dienone is 1. The van der Waals surface area contributed by atoms with Gasteiger partial charge in [0.1, 0.15) is 12.4 Å². The van der Waals surface area contributed by atoms with Crippen LogP contribution < -0.4 is 10.5 Å². The molecule has 1 aromatic carbocycles. The predicted octanol–water partition coefficient (Wildman–Crippen LogP) is 2.43. The lowest BCUT2D eigenvalue weighted by Gasteiger charge is -2.08. The SMILES string of the molecule is C/C=C/COc1ccc(N)cc1C(C)=O. The van der Waals surface area contributed by atoms with Crippen LogP contribution in [0.15, 0.2) is 30.4 Å². The molecule has 0 saturated heterocycles. The predicted molar refractivity (Wildman–Crippen MR) is 61.2 cm³/mol. The average Bonchev–Trinajstić information content (AvgIpc) is 2.20. The Kier molecular flexibility index (Phi) is 3.92. The first-order chi connectivity index (χ1) is 7.15. The molecule has 0 atom stereocenters. The van der Waals surface area contributed by atoms with Gasteiger partial charge in [-0.25, -0.2) is 0 Å². The van der Waals surface area contributed by atoms with Gasteiger partial charge in [-0.3, -0.25) is 4.79 Å². The van der Waals surface area contributed by atoms with E-state index in [0.717, 1.165) is 0 Å². The van der Waals surface area contributed by atoms with Gasteiger partial charge in [-0.05, 0) is 32.0 Å². The first kappa shape index (κ1) is 11.3. The van der Waals surface area contributed by atoms with Gasteiger partial charge in [0, 0.05) is 5.69 Å². The fraction of sp³-hybridized carbons (Fsp3) is 0.250. The van der Waals surface area contributed by atoms with Crippen molar-refractivity contribution in [2.75, 3.05) is 12.3 Å². The molecule has 0 aliphatic rings. The zero-order valence-electron chi connectivity index (χ0n) is 8.99. The molecule has 3 nitrogen and oxygen atoms in total. The quantitative estimate of drug-likeness (QED) is 0.466. The standard InChI is InChI=1S/C12H15NO2/c1-3-4-7-15-12-6-5-10(13)8-11(12)9(2)14/h3-6,8H,7,13H2,1-2H3/b4-3+. The van der Waals surface area contributed by atoms with Gasteiger partial charge in [0.05, 0.1) is 5.56 Å². The number of nitrogens with two attached hydrogens (primary N) is 1. The van der Waals surface area contributed by atoms with E-state index in [4.69, 9.17) is 10.5 Å². The van der Waals surface area contributed by atoms with E-state index in [1.54, 1.807) is 18.2 Å². The summed E-state index contributed by atoms with van der Waals surface area (Å²) in [5, 5.41) is 0. The fourth-order valence-electron chi connectivity index (χ4n) is 1.18. The second kappa shape index (κ2) is 5.20. The minimum Gasteiger partial charge on any atom is -0.489 e. The van der Waals surface area contributed by atoms with E-state index >= 15 is 0 Å². The van der Waals surface area contributed by atoms with Crippen LogP contribution >= 0.6 is 0 Å². The summed E-state index contributed by atoms with van der Waals surface area (Å²) >= 11 is 0. The van der Waals surface area contributed by atoms with Crippen LogP contribution in [-0.4, -0.2) is 12.4 Å². The molecule has 1 rings (SSSR count). The zero-order chi connectivity index (χ0) is 11.3. The number of nitrogen functional groups attached to an aromatic ring is 1. The van der Waals surface area contributed by atoms with E-state index in [0.29, 0.717) is 23.6 Å². The van der Waals surface area contributed by atoms with Crippen molar-refractivity contribution in [3.63, 3.8) is 0 Å². The maximum Gasteiger partial charge on any atom is 0.163 e. The third-order valence-electron chi connectivity index (χ3n) is 1.95. The van der Waals surface area contributed by atoms with Crippen molar-refractivity contribution in [3.8, 4) is 5.75 Å². The van der Waals surface area contributed by atoms with Crippen LogP contribution in [0.5, 0.6) is 5.75 Å². The summed E-state index contributed by atoms with van der Waals surface area (Å²) in [5.41, 5.74) is 6.69. The second-order valence-corrected chi connectivity index (χ2v) is 3.19. The van der Waals surface area contributed by atoms with Crippen molar-refractivity contribution in [1.82, 2.24) is 0 Å². The highest BCUT2D eigenvalue weighted by Crippen LogP contribution is 2.21. The van der Waals surface area contributed by atoms with Crippen LogP contribution in [-0.2, 0) is 0 Å². The van der Waals surface area contributed by atoms with E-state index in [1.807, 2.05) is 19.1 Å². The Morgan fingerprint density at radius 1 is 1.53 bits per heavy atom. The Balaban J connectivity index is 2.90. The topological polar surface area (TPSA) is 52.3 Å². The van der Waals surface area contributed by atoms with Crippen LogP contribution in [0.4, 0.5) is 5.69 Å². The largest absolute Gasteiger partial charge is 0.489 e. The third kappa shape index (κ3) is 3.13. The molecule has 0 heterocycles. The minimum atomic E-state index is -0.0437. The maximum atomic E-state index is 11.3. The van der Waals surface area contributed by atoms with Crippen molar-refractivity contribution in [3.05, 3.63) is 35.9 Å². The normalized spacial score (nSPS) is 10.5. The van der Waals surface area contributed by atoms with Crippen LogP contribution in [0.25, 0.3) is 0 Å². The Morgan fingerprint density at radius 2 is 2.27 bits per heavy atom. The van der Waals surface area contributed by atoms with Crippen LogP contribution in [0.2, 0.25) is 0 Å². The summed E-state index contributed by atoms with van der Waals surface area (Å²) in [6, 6.07) is 5.07. The summed E-state index contributed by atoms with van der Waals surface area (Å²) in [6.45, 7) is 3.87. The summed E-state index contributed by atoms with van der Waals surface area (Å²) in [5.74, 6) is 0.535. The molecule has 0 spiro atoms. The van der Waals surface area contributed by atoms with E-state index in [9.17, 15) is 4.79 Å².